The molecule has 1 aromatic carbocycles. The summed E-state index contributed by atoms with van der Waals surface area (Å²) in [4.78, 5) is 59.1. The number of aromatic amines is 1. The fourth-order valence-electron chi connectivity index (χ4n) is 3.27. The third-order valence-electron chi connectivity index (χ3n) is 4.86. The Labute approximate surface area is 185 Å². The number of imidazole rings is 1. The second kappa shape index (κ2) is 8.75. The van der Waals surface area contributed by atoms with Crippen LogP contribution < -0.4 is 5.43 Å². The van der Waals surface area contributed by atoms with Gasteiger partial charge >= 0.3 is 0 Å². The normalized spacial score (nSPS) is 18.2. The van der Waals surface area contributed by atoms with E-state index in [1.807, 2.05) is 0 Å². The summed E-state index contributed by atoms with van der Waals surface area (Å²) in [6.07, 6.45) is 1.29. The summed E-state index contributed by atoms with van der Waals surface area (Å²) >= 11 is 1.27. The molecule has 0 saturated carbocycles. The highest BCUT2D eigenvalue weighted by molar-refractivity contribution is 8.01. The van der Waals surface area contributed by atoms with Gasteiger partial charge in [-0.25, -0.2) is 15.0 Å². The molecule has 1 aliphatic heterocycles. The molecule has 164 valence electrons. The largest absolute Gasteiger partial charge is 0.334 e. The van der Waals surface area contributed by atoms with E-state index in [1.54, 1.807) is 31.3 Å². The smallest absolute Gasteiger partial charge is 0.269 e. The summed E-state index contributed by atoms with van der Waals surface area (Å²) in [5, 5.41) is 11.2. The third-order valence-corrected chi connectivity index (χ3v) is 6.22. The van der Waals surface area contributed by atoms with Gasteiger partial charge in [-0.05, 0) is 24.6 Å². The minimum atomic E-state index is -0.613. The Morgan fingerprint density at radius 2 is 2.09 bits per heavy atom. The van der Waals surface area contributed by atoms with Crippen LogP contribution >= 0.6 is 11.8 Å². The number of carbonyl (C=O) groups is 3. The number of nitro benzene ring substituents is 1. The van der Waals surface area contributed by atoms with Gasteiger partial charge in [-0.2, -0.15) is 0 Å². The van der Waals surface area contributed by atoms with E-state index in [-0.39, 0.29) is 36.0 Å². The molecule has 3 heterocycles. The molecule has 1 aliphatic rings. The first-order valence-corrected chi connectivity index (χ1v) is 10.6. The van der Waals surface area contributed by atoms with Crippen LogP contribution in [-0.4, -0.2) is 47.7 Å². The van der Waals surface area contributed by atoms with Crippen LogP contribution in [0.2, 0.25) is 0 Å². The maximum absolute atomic E-state index is 12.6. The minimum absolute atomic E-state index is 0.104. The quantitative estimate of drug-likeness (QED) is 0.314. The second-order valence-electron chi connectivity index (χ2n) is 7.11. The van der Waals surface area contributed by atoms with E-state index in [4.69, 9.17) is 0 Å². The molecule has 1 fully saturated rings. The van der Waals surface area contributed by atoms with Crippen molar-refractivity contribution in [1.82, 2.24) is 25.4 Å². The highest BCUT2D eigenvalue weighted by atomic mass is 32.2. The Bertz CT molecular complexity index is 1190. The molecular weight excluding hydrogens is 436 g/mol. The predicted octanol–water partition coefficient (Wildman–Crippen LogP) is 2.52. The number of hydrogen-bond donors (Lipinski definition) is 2. The van der Waals surface area contributed by atoms with Gasteiger partial charge in [0.25, 0.3) is 11.6 Å². The number of amides is 2. The molecule has 2 amide bonds. The molecule has 32 heavy (non-hydrogen) atoms. The maximum Gasteiger partial charge on any atom is 0.269 e. The zero-order valence-electron chi connectivity index (χ0n) is 16.8. The summed E-state index contributed by atoms with van der Waals surface area (Å²) in [6, 6.07) is 9.38. The van der Waals surface area contributed by atoms with Gasteiger partial charge in [-0.1, -0.05) is 12.1 Å². The highest BCUT2D eigenvalue weighted by Crippen LogP contribution is 2.42. The summed E-state index contributed by atoms with van der Waals surface area (Å²) in [5.41, 5.74) is 4.00. The van der Waals surface area contributed by atoms with Crippen molar-refractivity contribution in [3.8, 4) is 0 Å². The van der Waals surface area contributed by atoms with Gasteiger partial charge in [0.15, 0.2) is 17.3 Å². The number of pyridine rings is 1. The van der Waals surface area contributed by atoms with Crippen molar-refractivity contribution in [3.63, 3.8) is 0 Å². The lowest BCUT2D eigenvalue weighted by Gasteiger charge is -2.24. The van der Waals surface area contributed by atoms with Crippen molar-refractivity contribution in [3.05, 3.63) is 64.1 Å². The Balaban J connectivity index is 1.42. The van der Waals surface area contributed by atoms with Gasteiger partial charge in [0.1, 0.15) is 5.37 Å². The van der Waals surface area contributed by atoms with E-state index in [0.717, 1.165) is 0 Å². The molecule has 1 saturated heterocycles. The Morgan fingerprint density at radius 3 is 2.84 bits per heavy atom. The molecule has 0 spiro atoms. The number of H-pyrrole nitrogens is 1. The van der Waals surface area contributed by atoms with Crippen LogP contribution in [0.4, 0.5) is 5.69 Å². The number of Topliss-reactive ketones (excluding diaryl/α,β-unsaturated/α-hetero) is 1. The first-order valence-electron chi connectivity index (χ1n) is 9.70. The number of nitrogens with zero attached hydrogens (tertiary/aromatic N) is 4. The second-order valence-corrected chi connectivity index (χ2v) is 8.53. The van der Waals surface area contributed by atoms with Gasteiger partial charge in [0.2, 0.25) is 5.91 Å². The topological polar surface area (TPSA) is 151 Å². The van der Waals surface area contributed by atoms with Crippen molar-refractivity contribution in [2.75, 3.05) is 0 Å². The molecule has 0 radical (unpaired) electrons. The van der Waals surface area contributed by atoms with Crippen molar-refractivity contribution >= 4 is 46.2 Å². The van der Waals surface area contributed by atoms with Crippen LogP contribution in [0.3, 0.4) is 0 Å². The Hall–Kier alpha value is -3.80. The SMILES string of the molecule is CC1SC(c2cccc([N+](=O)[O-])c2)N(NC(=O)CCC(=O)c2nc3ncccc3[nH]2)C1=O. The fraction of sp³-hybridized carbons (Fsp3) is 0.250. The average Bonchev–Trinajstić information content (AvgIpc) is 3.34. The lowest BCUT2D eigenvalue weighted by atomic mass is 10.2. The van der Waals surface area contributed by atoms with E-state index in [0.29, 0.717) is 16.7 Å². The van der Waals surface area contributed by atoms with Crippen LogP contribution in [-0.2, 0) is 9.59 Å². The van der Waals surface area contributed by atoms with Crippen molar-refractivity contribution in [1.29, 1.82) is 0 Å². The van der Waals surface area contributed by atoms with Crippen LogP contribution in [0, 0.1) is 10.1 Å². The number of nitrogens with one attached hydrogen (secondary N) is 2. The number of rotatable bonds is 7. The fourth-order valence-corrected chi connectivity index (χ4v) is 4.47. The standard InChI is InChI=1S/C20H18N6O5S/c1-11-19(29)25(20(32-11)12-4-2-5-13(10-12)26(30)31)24-16(28)8-7-15(27)18-22-14-6-3-9-21-17(14)23-18/h2-6,9-11,20H,7-8H2,1H3,(H,24,28)(H,21,22,23). The van der Waals surface area contributed by atoms with E-state index >= 15 is 0 Å². The number of fused-ring (bicyclic) bond motifs is 1. The first-order chi connectivity index (χ1) is 15.3. The Morgan fingerprint density at radius 1 is 1.28 bits per heavy atom. The lowest BCUT2D eigenvalue weighted by Crippen LogP contribution is -2.45. The summed E-state index contributed by atoms with van der Waals surface area (Å²) in [7, 11) is 0. The van der Waals surface area contributed by atoms with Gasteiger partial charge in [0.05, 0.1) is 15.7 Å². The van der Waals surface area contributed by atoms with Gasteiger partial charge in [-0.15, -0.1) is 11.8 Å². The third kappa shape index (κ3) is 4.30. The number of hydrogen-bond acceptors (Lipinski definition) is 8. The number of ketones is 1. The highest BCUT2D eigenvalue weighted by Gasteiger charge is 2.40. The summed E-state index contributed by atoms with van der Waals surface area (Å²) in [5.74, 6) is -1.09. The minimum Gasteiger partial charge on any atom is -0.334 e. The zero-order valence-corrected chi connectivity index (χ0v) is 17.7. The van der Waals surface area contributed by atoms with Gasteiger partial charge in [-0.3, -0.25) is 29.9 Å². The number of hydrazine groups is 1. The average molecular weight is 454 g/mol. The van der Waals surface area contributed by atoms with E-state index in [1.165, 1.54) is 35.0 Å². The summed E-state index contributed by atoms with van der Waals surface area (Å²) < 4.78 is 0. The van der Waals surface area contributed by atoms with Crippen molar-refractivity contribution < 1.29 is 19.3 Å². The van der Waals surface area contributed by atoms with E-state index < -0.39 is 21.5 Å². The molecule has 0 bridgehead atoms. The number of carbonyl (C=O) groups excluding carboxylic acids is 3. The van der Waals surface area contributed by atoms with Crippen LogP contribution in [0.1, 0.15) is 41.3 Å². The maximum atomic E-state index is 12.6. The van der Waals surface area contributed by atoms with E-state index in [2.05, 4.69) is 20.4 Å². The number of thioether (sulfide) groups is 1. The molecule has 2 N–H and O–H groups in total. The number of nitro groups is 1. The number of benzene rings is 1. The molecule has 2 atom stereocenters. The van der Waals surface area contributed by atoms with Crippen LogP contribution in [0.25, 0.3) is 11.2 Å². The lowest BCUT2D eigenvalue weighted by molar-refractivity contribution is -0.384. The molecule has 11 nitrogen and oxygen atoms in total. The monoisotopic (exact) mass is 454 g/mol. The first kappa shape index (κ1) is 21.4. The van der Waals surface area contributed by atoms with Crippen LogP contribution in [0.15, 0.2) is 42.6 Å². The molecule has 2 aromatic heterocycles. The van der Waals surface area contributed by atoms with Crippen LogP contribution in [0.5, 0.6) is 0 Å². The number of aromatic nitrogens is 3. The predicted molar refractivity (Wildman–Crippen MR) is 115 cm³/mol. The molecule has 3 aromatic rings. The molecule has 12 heteroatoms. The van der Waals surface area contributed by atoms with E-state index in [9.17, 15) is 24.5 Å². The number of non-ortho nitro benzene ring substituents is 1. The summed E-state index contributed by atoms with van der Waals surface area (Å²) in [6.45, 7) is 1.70. The molecular formula is C20H18N6O5S. The zero-order chi connectivity index (χ0) is 22.8. The molecule has 4 rings (SSSR count). The van der Waals surface area contributed by atoms with Crippen molar-refractivity contribution in [2.45, 2.75) is 30.4 Å². The van der Waals surface area contributed by atoms with Gasteiger partial charge in [0, 0.05) is 31.2 Å². The Kier molecular flexibility index (Phi) is 5.86. The van der Waals surface area contributed by atoms with Crippen molar-refractivity contribution in [2.24, 2.45) is 0 Å². The molecule has 2 unspecified atom stereocenters. The molecule has 0 aliphatic carbocycles. The van der Waals surface area contributed by atoms with Gasteiger partial charge < -0.3 is 4.98 Å².